The van der Waals surface area contributed by atoms with Crippen LogP contribution in [0.3, 0.4) is 0 Å². The maximum absolute atomic E-state index is 11.0. The SMILES string of the molecule is Cc1cccc(-c2ccccc2C(=O)[O-])c1. The fraction of sp³-hybridized carbons (Fsp3) is 0.0714. The predicted octanol–water partition coefficient (Wildman–Crippen LogP) is 2.03. The Labute approximate surface area is 94.2 Å². The van der Waals surface area contributed by atoms with Gasteiger partial charge in [0.05, 0.1) is 5.97 Å². The van der Waals surface area contributed by atoms with Crippen molar-refractivity contribution >= 4 is 5.97 Å². The van der Waals surface area contributed by atoms with Crippen molar-refractivity contribution in [1.82, 2.24) is 0 Å². The topological polar surface area (TPSA) is 40.1 Å². The Kier molecular flexibility index (Phi) is 2.73. The van der Waals surface area contributed by atoms with Crippen LogP contribution in [0.15, 0.2) is 48.5 Å². The molecule has 0 spiro atoms. The Bertz CT molecular complexity index is 530. The van der Waals surface area contributed by atoms with Crippen molar-refractivity contribution in [2.24, 2.45) is 0 Å². The van der Waals surface area contributed by atoms with Gasteiger partial charge in [0, 0.05) is 5.56 Å². The van der Waals surface area contributed by atoms with Crippen LogP contribution in [-0.2, 0) is 0 Å². The number of rotatable bonds is 2. The number of carboxylic acid groups (broad SMARTS) is 1. The number of aromatic carboxylic acids is 1. The smallest absolute Gasteiger partial charge is 0.0721 e. The zero-order valence-electron chi connectivity index (χ0n) is 8.94. The number of carboxylic acids is 1. The van der Waals surface area contributed by atoms with Crippen molar-refractivity contribution in [3.05, 3.63) is 59.7 Å². The van der Waals surface area contributed by atoms with Crippen molar-refractivity contribution in [2.45, 2.75) is 6.92 Å². The second-order valence-electron chi connectivity index (χ2n) is 3.70. The molecular weight excluding hydrogens is 200 g/mol. The highest BCUT2D eigenvalue weighted by molar-refractivity contribution is 5.94. The molecular formula is C14H11O2-. The Morgan fingerprint density at radius 2 is 1.81 bits per heavy atom. The summed E-state index contributed by atoms with van der Waals surface area (Å²) < 4.78 is 0. The molecule has 0 heterocycles. The van der Waals surface area contributed by atoms with E-state index in [0.29, 0.717) is 5.56 Å². The highest BCUT2D eigenvalue weighted by Crippen LogP contribution is 2.23. The summed E-state index contributed by atoms with van der Waals surface area (Å²) in [7, 11) is 0. The van der Waals surface area contributed by atoms with Gasteiger partial charge in [0.2, 0.25) is 0 Å². The average Bonchev–Trinajstić information content (AvgIpc) is 2.29. The lowest BCUT2D eigenvalue weighted by Crippen LogP contribution is -2.22. The number of hydrogen-bond donors (Lipinski definition) is 0. The normalized spacial score (nSPS) is 10.1. The van der Waals surface area contributed by atoms with Crippen LogP contribution in [0.25, 0.3) is 11.1 Å². The van der Waals surface area contributed by atoms with Crippen molar-refractivity contribution in [1.29, 1.82) is 0 Å². The molecule has 0 saturated carbocycles. The van der Waals surface area contributed by atoms with Crippen LogP contribution in [0.4, 0.5) is 0 Å². The van der Waals surface area contributed by atoms with Crippen LogP contribution in [0.2, 0.25) is 0 Å². The molecule has 0 radical (unpaired) electrons. The van der Waals surface area contributed by atoms with Gasteiger partial charge in [-0.15, -0.1) is 0 Å². The van der Waals surface area contributed by atoms with Crippen molar-refractivity contribution < 1.29 is 9.90 Å². The Morgan fingerprint density at radius 1 is 1.06 bits per heavy atom. The summed E-state index contributed by atoms with van der Waals surface area (Å²) in [5, 5.41) is 11.0. The van der Waals surface area contributed by atoms with Crippen molar-refractivity contribution in [3.63, 3.8) is 0 Å². The lowest BCUT2D eigenvalue weighted by molar-refractivity contribution is -0.254. The van der Waals surface area contributed by atoms with E-state index >= 15 is 0 Å². The summed E-state index contributed by atoms with van der Waals surface area (Å²) in [4.78, 5) is 11.0. The Morgan fingerprint density at radius 3 is 2.50 bits per heavy atom. The standard InChI is InChI=1S/C14H12O2/c1-10-5-4-6-11(9-10)12-7-2-3-8-13(12)14(15)16/h2-9H,1H3,(H,15,16)/p-1. The lowest BCUT2D eigenvalue weighted by atomic mass is 9.98. The van der Waals surface area contributed by atoms with Crippen LogP contribution in [0.1, 0.15) is 15.9 Å². The maximum atomic E-state index is 11.0. The van der Waals surface area contributed by atoms with Gasteiger partial charge in [-0.3, -0.25) is 0 Å². The predicted molar refractivity (Wildman–Crippen MR) is 60.9 cm³/mol. The molecule has 0 fully saturated rings. The van der Waals surface area contributed by atoms with E-state index in [4.69, 9.17) is 0 Å². The van der Waals surface area contributed by atoms with E-state index in [9.17, 15) is 9.90 Å². The zero-order chi connectivity index (χ0) is 11.5. The third kappa shape index (κ3) is 1.96. The minimum atomic E-state index is -1.14. The van der Waals surface area contributed by atoms with Gasteiger partial charge in [-0.2, -0.15) is 0 Å². The first-order chi connectivity index (χ1) is 7.68. The molecule has 0 bridgehead atoms. The van der Waals surface area contributed by atoms with Gasteiger partial charge in [-0.05, 0) is 18.1 Å². The molecule has 0 saturated heterocycles. The van der Waals surface area contributed by atoms with Crippen molar-refractivity contribution in [2.75, 3.05) is 0 Å². The molecule has 2 aromatic rings. The summed E-state index contributed by atoms with van der Waals surface area (Å²) in [6.45, 7) is 1.98. The fourth-order valence-corrected chi connectivity index (χ4v) is 1.73. The molecule has 2 heteroatoms. The summed E-state index contributed by atoms with van der Waals surface area (Å²) in [5.74, 6) is -1.14. The Balaban J connectivity index is 2.60. The second-order valence-corrected chi connectivity index (χ2v) is 3.70. The van der Waals surface area contributed by atoms with Gasteiger partial charge >= 0.3 is 0 Å². The van der Waals surface area contributed by atoms with Gasteiger partial charge in [0.1, 0.15) is 0 Å². The minimum absolute atomic E-state index is 0.230. The van der Waals surface area contributed by atoms with E-state index in [2.05, 4.69) is 0 Å². The summed E-state index contributed by atoms with van der Waals surface area (Å²) in [6.07, 6.45) is 0. The van der Waals surface area contributed by atoms with E-state index in [1.165, 1.54) is 0 Å². The lowest BCUT2D eigenvalue weighted by Gasteiger charge is -2.10. The number of benzene rings is 2. The molecule has 0 aromatic heterocycles. The van der Waals surface area contributed by atoms with Gasteiger partial charge in [-0.1, -0.05) is 54.1 Å². The largest absolute Gasteiger partial charge is 0.545 e. The van der Waals surface area contributed by atoms with Gasteiger partial charge in [0.15, 0.2) is 0 Å². The molecule has 16 heavy (non-hydrogen) atoms. The molecule has 0 aliphatic heterocycles. The monoisotopic (exact) mass is 211 g/mol. The van der Waals surface area contributed by atoms with Gasteiger partial charge < -0.3 is 9.90 Å². The zero-order valence-corrected chi connectivity index (χ0v) is 8.94. The molecule has 0 unspecified atom stereocenters. The van der Waals surface area contributed by atoms with Crippen LogP contribution in [0.5, 0.6) is 0 Å². The first-order valence-electron chi connectivity index (χ1n) is 5.06. The van der Waals surface area contributed by atoms with Gasteiger partial charge in [0.25, 0.3) is 0 Å². The molecule has 0 atom stereocenters. The highest BCUT2D eigenvalue weighted by atomic mass is 16.4. The van der Waals surface area contributed by atoms with Crippen molar-refractivity contribution in [3.8, 4) is 11.1 Å². The van der Waals surface area contributed by atoms with E-state index < -0.39 is 5.97 Å². The third-order valence-corrected chi connectivity index (χ3v) is 2.48. The molecule has 80 valence electrons. The first-order valence-corrected chi connectivity index (χ1v) is 5.06. The molecule has 0 aliphatic carbocycles. The highest BCUT2D eigenvalue weighted by Gasteiger charge is 2.04. The molecule has 2 nitrogen and oxygen atoms in total. The molecule has 0 aliphatic rings. The number of aryl methyl sites for hydroxylation is 1. The minimum Gasteiger partial charge on any atom is -0.545 e. The van der Waals surface area contributed by atoms with Crippen LogP contribution < -0.4 is 5.11 Å². The van der Waals surface area contributed by atoms with E-state index in [1.54, 1.807) is 18.2 Å². The number of carbonyl (C=O) groups is 1. The molecule has 2 rings (SSSR count). The Hall–Kier alpha value is -2.09. The molecule has 0 amide bonds. The van der Waals surface area contributed by atoms with Crippen LogP contribution in [-0.4, -0.2) is 5.97 Å². The molecule has 0 N–H and O–H groups in total. The van der Waals surface area contributed by atoms with E-state index in [-0.39, 0.29) is 5.56 Å². The quantitative estimate of drug-likeness (QED) is 0.762. The van der Waals surface area contributed by atoms with Gasteiger partial charge in [-0.25, -0.2) is 0 Å². The molecule has 2 aromatic carbocycles. The average molecular weight is 211 g/mol. The van der Waals surface area contributed by atoms with Crippen LogP contribution in [0, 0.1) is 6.92 Å². The summed E-state index contributed by atoms with van der Waals surface area (Å²) in [5.41, 5.74) is 2.93. The maximum Gasteiger partial charge on any atom is 0.0721 e. The third-order valence-electron chi connectivity index (χ3n) is 2.48. The van der Waals surface area contributed by atoms with Crippen LogP contribution >= 0.6 is 0 Å². The summed E-state index contributed by atoms with van der Waals surface area (Å²) in [6, 6.07) is 14.6. The fourth-order valence-electron chi connectivity index (χ4n) is 1.73. The van der Waals surface area contributed by atoms with E-state index in [1.807, 2.05) is 37.3 Å². The number of hydrogen-bond acceptors (Lipinski definition) is 2. The second kappa shape index (κ2) is 4.19. The number of carbonyl (C=O) groups excluding carboxylic acids is 1. The van der Waals surface area contributed by atoms with E-state index in [0.717, 1.165) is 11.1 Å². The first kappa shape index (κ1) is 10.4. The summed E-state index contributed by atoms with van der Waals surface area (Å²) >= 11 is 0.